The summed E-state index contributed by atoms with van der Waals surface area (Å²) < 4.78 is 30.7. The van der Waals surface area contributed by atoms with Gasteiger partial charge < -0.3 is 19.4 Å². The number of hydrogen-bond donors (Lipinski definition) is 2. The standard InChI is InChI=1S/C70H127N2O7P/c1-7-10-13-16-19-22-25-28-30-32-34-35-36-37-39-40-42-44-47-50-53-56-59-62-69(73)71-67(66-78-80(75,76)77-65-64-72(4,5)6)68(61-58-55-52-49-46-27-24-21-18-15-12-9-3)79-70(74)63-60-57-54-51-48-45-43-41-38-33-31-29-26-23-20-17-14-11-8-2/h11,14,20,23,28-31,38,41,45,48,58,61,67-68H,7-10,12-13,15-19,21-22,24-27,32-37,39-40,42-44,46-47,49-57,59-60,62-66H2,1-6H3,(H-,71,73,75,76)/p+1/b14-11-,23-20-,30-28+,31-29-,41-38-,48-45-,61-58-. The lowest BCUT2D eigenvalue weighted by Gasteiger charge is -2.27. The summed E-state index contributed by atoms with van der Waals surface area (Å²) in [5.41, 5.74) is 0. The van der Waals surface area contributed by atoms with Crippen LogP contribution in [-0.4, -0.2) is 74.3 Å². The maximum atomic E-state index is 13.6. The Morgan fingerprint density at radius 2 is 0.800 bits per heavy atom. The number of phosphoric acid groups is 1. The second-order valence-corrected chi connectivity index (χ2v) is 25.1. The van der Waals surface area contributed by atoms with E-state index in [-0.39, 0.29) is 31.5 Å². The van der Waals surface area contributed by atoms with Crippen LogP contribution in [0.4, 0.5) is 0 Å². The number of amides is 1. The molecule has 0 aliphatic rings. The molecule has 0 aliphatic carbocycles. The number of rotatable bonds is 60. The Morgan fingerprint density at radius 3 is 1.23 bits per heavy atom. The molecule has 10 heteroatoms. The third-order valence-corrected chi connectivity index (χ3v) is 15.6. The van der Waals surface area contributed by atoms with Crippen molar-refractivity contribution in [2.24, 2.45) is 0 Å². The Balaban J connectivity index is 5.19. The molecule has 0 aliphatic heterocycles. The summed E-state index contributed by atoms with van der Waals surface area (Å²) >= 11 is 0. The normalized spacial score (nSPS) is 14.1. The predicted octanol–water partition coefficient (Wildman–Crippen LogP) is 21.0. The Hall–Kier alpha value is -2.81. The van der Waals surface area contributed by atoms with Gasteiger partial charge >= 0.3 is 13.8 Å². The van der Waals surface area contributed by atoms with Crippen LogP contribution in [0.3, 0.4) is 0 Å². The molecule has 2 N–H and O–H groups in total. The molecule has 0 bridgehead atoms. The van der Waals surface area contributed by atoms with Crippen molar-refractivity contribution in [3.63, 3.8) is 0 Å². The zero-order chi connectivity index (χ0) is 58.6. The van der Waals surface area contributed by atoms with Crippen LogP contribution in [0.5, 0.6) is 0 Å². The minimum absolute atomic E-state index is 0.0322. The van der Waals surface area contributed by atoms with Gasteiger partial charge in [0.2, 0.25) is 5.91 Å². The number of likely N-dealkylation sites (N-methyl/N-ethyl adjacent to an activating group) is 1. The zero-order valence-electron chi connectivity index (χ0n) is 53.1. The van der Waals surface area contributed by atoms with Crippen LogP contribution in [0.2, 0.25) is 0 Å². The smallest absolute Gasteiger partial charge is 0.456 e. The molecular formula is C70H128N2O7P+. The topological polar surface area (TPSA) is 111 Å². The second kappa shape index (κ2) is 59.4. The second-order valence-electron chi connectivity index (χ2n) is 23.6. The highest BCUT2D eigenvalue weighted by Gasteiger charge is 2.30. The average Bonchev–Trinajstić information content (AvgIpc) is 3.43. The fourth-order valence-corrected chi connectivity index (χ4v) is 10.2. The van der Waals surface area contributed by atoms with Crippen molar-refractivity contribution in [2.45, 2.75) is 309 Å². The molecule has 0 aromatic heterocycles. The van der Waals surface area contributed by atoms with Crippen molar-refractivity contribution in [3.05, 3.63) is 85.1 Å². The summed E-state index contributed by atoms with van der Waals surface area (Å²) in [5, 5.41) is 3.06. The molecule has 0 heterocycles. The van der Waals surface area contributed by atoms with Gasteiger partial charge in [0.25, 0.3) is 0 Å². The molecule has 80 heavy (non-hydrogen) atoms. The molecule has 0 rings (SSSR count). The lowest BCUT2D eigenvalue weighted by Crippen LogP contribution is -2.47. The number of allylic oxidation sites excluding steroid dienone is 13. The molecular weight excluding hydrogens is 1010 g/mol. The van der Waals surface area contributed by atoms with Gasteiger partial charge in [0.05, 0.1) is 33.8 Å². The molecule has 9 nitrogen and oxygen atoms in total. The summed E-state index contributed by atoms with van der Waals surface area (Å²) in [5.74, 6) is -0.539. The van der Waals surface area contributed by atoms with E-state index in [0.29, 0.717) is 23.9 Å². The summed E-state index contributed by atoms with van der Waals surface area (Å²) in [7, 11) is 1.47. The first kappa shape index (κ1) is 77.2. The molecule has 1 amide bonds. The molecule has 0 spiro atoms. The van der Waals surface area contributed by atoms with Crippen molar-refractivity contribution in [3.8, 4) is 0 Å². The fraction of sp³-hybridized carbons (Fsp3) is 0.771. The first-order valence-corrected chi connectivity index (χ1v) is 34.9. The van der Waals surface area contributed by atoms with Gasteiger partial charge in [-0.05, 0) is 102 Å². The van der Waals surface area contributed by atoms with Crippen LogP contribution >= 0.6 is 7.82 Å². The van der Waals surface area contributed by atoms with Gasteiger partial charge in [-0.3, -0.25) is 18.6 Å². The Labute approximate surface area is 495 Å². The molecule has 0 radical (unpaired) electrons. The monoisotopic (exact) mass is 1140 g/mol. The van der Waals surface area contributed by atoms with Crippen LogP contribution in [-0.2, 0) is 27.9 Å². The van der Waals surface area contributed by atoms with E-state index in [1.807, 2.05) is 33.3 Å². The fourth-order valence-electron chi connectivity index (χ4n) is 9.43. The van der Waals surface area contributed by atoms with E-state index in [9.17, 15) is 19.0 Å². The maximum Gasteiger partial charge on any atom is 0.472 e. The predicted molar refractivity (Wildman–Crippen MR) is 346 cm³/mol. The molecule has 3 unspecified atom stereocenters. The minimum atomic E-state index is -4.46. The van der Waals surface area contributed by atoms with Crippen molar-refractivity contribution in [1.82, 2.24) is 5.32 Å². The number of ether oxygens (including phenoxy) is 1. The van der Waals surface area contributed by atoms with Crippen molar-refractivity contribution < 1.29 is 37.3 Å². The lowest BCUT2D eigenvalue weighted by atomic mass is 10.0. The van der Waals surface area contributed by atoms with Crippen molar-refractivity contribution in [1.29, 1.82) is 0 Å². The number of quaternary nitrogens is 1. The lowest BCUT2D eigenvalue weighted by molar-refractivity contribution is -0.870. The highest BCUT2D eigenvalue weighted by molar-refractivity contribution is 7.47. The number of nitrogens with zero attached hydrogens (tertiary/aromatic N) is 1. The maximum absolute atomic E-state index is 13.6. The number of nitrogens with one attached hydrogen (secondary N) is 1. The van der Waals surface area contributed by atoms with Gasteiger partial charge in [-0.1, -0.05) is 267 Å². The van der Waals surface area contributed by atoms with Crippen LogP contribution in [0.1, 0.15) is 297 Å². The van der Waals surface area contributed by atoms with Gasteiger partial charge in [0, 0.05) is 12.8 Å². The summed E-state index contributed by atoms with van der Waals surface area (Å²) in [6, 6.07) is -0.866. The van der Waals surface area contributed by atoms with Crippen molar-refractivity contribution >= 4 is 19.7 Å². The van der Waals surface area contributed by atoms with Gasteiger partial charge in [-0.2, -0.15) is 0 Å². The Bertz CT molecular complexity index is 1640. The summed E-state index contributed by atoms with van der Waals surface area (Å²) in [6.07, 6.45) is 78.8. The highest BCUT2D eigenvalue weighted by Crippen LogP contribution is 2.43. The molecule has 0 fully saturated rings. The molecule has 464 valence electrons. The van der Waals surface area contributed by atoms with Crippen LogP contribution < -0.4 is 5.32 Å². The quantitative estimate of drug-likeness (QED) is 0.0205. The van der Waals surface area contributed by atoms with Gasteiger partial charge in [0.15, 0.2) is 0 Å². The number of carbonyl (C=O) groups excluding carboxylic acids is 2. The number of unbranched alkanes of at least 4 members (excludes halogenated alkanes) is 32. The van der Waals surface area contributed by atoms with E-state index in [1.54, 1.807) is 0 Å². The Morgan fingerprint density at radius 1 is 0.450 bits per heavy atom. The number of phosphoric ester groups is 1. The minimum Gasteiger partial charge on any atom is -0.456 e. The molecule has 3 atom stereocenters. The number of carbonyl (C=O) groups is 2. The molecule has 0 saturated carbocycles. The average molecular weight is 1140 g/mol. The largest absolute Gasteiger partial charge is 0.472 e. The zero-order valence-corrected chi connectivity index (χ0v) is 54.0. The third kappa shape index (κ3) is 59.8. The first-order chi connectivity index (χ1) is 38.9. The van der Waals surface area contributed by atoms with E-state index >= 15 is 0 Å². The first-order valence-electron chi connectivity index (χ1n) is 33.4. The van der Waals surface area contributed by atoms with E-state index < -0.39 is 20.0 Å². The highest BCUT2D eigenvalue weighted by atomic mass is 31.2. The SMILES string of the molecule is CC/C=C\C/C=C\C/C=C\C/C=C\C/C=C\CCCCCC(=O)OC(/C=C\CCCCCCCCCCCC)C(COP(=O)(O)OCC[N+](C)(C)C)NC(=O)CCCCCCCCCCCCCCC/C=C/CCCCCCCC. The van der Waals surface area contributed by atoms with Crippen LogP contribution in [0, 0.1) is 0 Å². The summed E-state index contributed by atoms with van der Waals surface area (Å²) in [6.45, 7) is 6.89. The van der Waals surface area contributed by atoms with Gasteiger partial charge in [0.1, 0.15) is 19.3 Å². The third-order valence-electron chi connectivity index (χ3n) is 14.6. The van der Waals surface area contributed by atoms with Gasteiger partial charge in [-0.15, -0.1) is 0 Å². The molecule has 0 aromatic carbocycles. The molecule has 0 saturated heterocycles. The number of esters is 1. The van der Waals surface area contributed by atoms with Crippen molar-refractivity contribution in [2.75, 3.05) is 40.9 Å². The van der Waals surface area contributed by atoms with E-state index in [0.717, 1.165) is 89.9 Å². The summed E-state index contributed by atoms with van der Waals surface area (Å²) in [4.78, 5) is 37.8. The van der Waals surface area contributed by atoms with E-state index in [2.05, 4.69) is 99.0 Å². The van der Waals surface area contributed by atoms with Crippen LogP contribution in [0.15, 0.2) is 85.1 Å². The molecule has 0 aromatic rings. The van der Waals surface area contributed by atoms with Gasteiger partial charge in [-0.25, -0.2) is 4.57 Å². The van der Waals surface area contributed by atoms with E-state index in [1.165, 1.54) is 167 Å². The van der Waals surface area contributed by atoms with Crippen LogP contribution in [0.25, 0.3) is 0 Å². The number of hydrogen-bond acceptors (Lipinski definition) is 6. The Kier molecular flexibility index (Phi) is 57.3. The van der Waals surface area contributed by atoms with E-state index in [4.69, 9.17) is 13.8 Å².